The molecule has 0 aromatic carbocycles. The van der Waals surface area contributed by atoms with Gasteiger partial charge in [-0.1, -0.05) is 13.8 Å². The number of piperidine rings is 1. The van der Waals surface area contributed by atoms with Gasteiger partial charge in [-0.3, -0.25) is 0 Å². The van der Waals surface area contributed by atoms with E-state index in [1.165, 1.54) is 0 Å². The van der Waals surface area contributed by atoms with Crippen molar-refractivity contribution in [2.24, 2.45) is 5.92 Å². The van der Waals surface area contributed by atoms with Crippen molar-refractivity contribution in [3.05, 3.63) is 0 Å². The van der Waals surface area contributed by atoms with Gasteiger partial charge in [-0.25, -0.2) is 0 Å². The molecule has 6 nitrogen and oxygen atoms in total. The van der Waals surface area contributed by atoms with E-state index < -0.39 is 10.2 Å². The molecular formula is C14H29N3O3S. The summed E-state index contributed by atoms with van der Waals surface area (Å²) in [7, 11) is -3.31. The summed E-state index contributed by atoms with van der Waals surface area (Å²) in [6.07, 6.45) is 1.87. The highest BCUT2D eigenvalue weighted by Crippen LogP contribution is 2.22. The third-order valence-electron chi connectivity index (χ3n) is 4.24. The number of hydrogen-bond donors (Lipinski definition) is 1. The van der Waals surface area contributed by atoms with E-state index >= 15 is 0 Å². The molecule has 0 radical (unpaired) electrons. The van der Waals surface area contributed by atoms with Gasteiger partial charge in [-0.2, -0.15) is 17.0 Å². The van der Waals surface area contributed by atoms with Crippen molar-refractivity contribution in [1.29, 1.82) is 0 Å². The molecule has 0 aromatic heterocycles. The molecule has 21 heavy (non-hydrogen) atoms. The molecule has 1 N–H and O–H groups in total. The van der Waals surface area contributed by atoms with Crippen LogP contribution in [-0.2, 0) is 14.9 Å². The van der Waals surface area contributed by atoms with Gasteiger partial charge in [0.2, 0.25) is 0 Å². The topological polar surface area (TPSA) is 61.9 Å². The first kappa shape index (κ1) is 17.1. The molecule has 0 amide bonds. The Morgan fingerprint density at radius 1 is 1.19 bits per heavy atom. The van der Waals surface area contributed by atoms with Crippen LogP contribution in [0.2, 0.25) is 0 Å². The first-order valence-corrected chi connectivity index (χ1v) is 9.39. The summed E-state index contributed by atoms with van der Waals surface area (Å²) in [6, 6.07) is 0.488. The lowest BCUT2D eigenvalue weighted by atomic mass is 9.98. The zero-order valence-corrected chi connectivity index (χ0v) is 14.2. The van der Waals surface area contributed by atoms with Gasteiger partial charge < -0.3 is 10.1 Å². The minimum atomic E-state index is -3.31. The van der Waals surface area contributed by atoms with Crippen LogP contribution in [0.3, 0.4) is 0 Å². The SMILES string of the molecule is CC(C)NCC1CCN(S(=O)(=O)N2CCOC(C)C2)CC1. The van der Waals surface area contributed by atoms with Crippen LogP contribution >= 0.6 is 0 Å². The summed E-state index contributed by atoms with van der Waals surface area (Å²) in [6.45, 7) is 9.90. The first-order chi connectivity index (χ1) is 9.89. The minimum absolute atomic E-state index is 0.0127. The average Bonchev–Trinajstić information content (AvgIpc) is 2.45. The molecule has 124 valence electrons. The van der Waals surface area contributed by atoms with Crippen LogP contribution in [0.5, 0.6) is 0 Å². The number of nitrogens with one attached hydrogen (secondary N) is 1. The van der Waals surface area contributed by atoms with Crippen LogP contribution in [0.4, 0.5) is 0 Å². The molecule has 0 aromatic rings. The standard InChI is InChI=1S/C14H29N3O3S/c1-12(2)15-10-14-4-6-16(7-5-14)21(18,19)17-8-9-20-13(3)11-17/h12-15H,4-11H2,1-3H3. The van der Waals surface area contributed by atoms with Crippen molar-refractivity contribution in [3.63, 3.8) is 0 Å². The van der Waals surface area contributed by atoms with Crippen LogP contribution in [-0.4, -0.2) is 68.5 Å². The van der Waals surface area contributed by atoms with E-state index in [0.717, 1.165) is 19.4 Å². The Labute approximate surface area is 129 Å². The number of ether oxygens (including phenoxy) is 1. The molecule has 2 fully saturated rings. The molecule has 2 aliphatic heterocycles. The van der Waals surface area contributed by atoms with Gasteiger partial charge in [0.15, 0.2) is 0 Å². The molecule has 7 heteroatoms. The first-order valence-electron chi connectivity index (χ1n) is 8.00. The molecule has 0 aliphatic carbocycles. The van der Waals surface area contributed by atoms with Crippen LogP contribution in [0.15, 0.2) is 0 Å². The van der Waals surface area contributed by atoms with Gasteiger partial charge >= 0.3 is 0 Å². The molecule has 2 rings (SSSR count). The third kappa shape index (κ3) is 4.63. The lowest BCUT2D eigenvalue weighted by Gasteiger charge is -2.37. The summed E-state index contributed by atoms with van der Waals surface area (Å²) in [5.41, 5.74) is 0. The van der Waals surface area contributed by atoms with E-state index in [-0.39, 0.29) is 6.10 Å². The Bertz CT molecular complexity index is 419. The minimum Gasteiger partial charge on any atom is -0.376 e. The maximum atomic E-state index is 12.6. The highest BCUT2D eigenvalue weighted by Gasteiger charge is 2.35. The smallest absolute Gasteiger partial charge is 0.282 e. The van der Waals surface area contributed by atoms with E-state index in [2.05, 4.69) is 19.2 Å². The highest BCUT2D eigenvalue weighted by molar-refractivity contribution is 7.86. The molecule has 2 saturated heterocycles. The highest BCUT2D eigenvalue weighted by atomic mass is 32.2. The fraction of sp³-hybridized carbons (Fsp3) is 1.00. The van der Waals surface area contributed by atoms with E-state index in [9.17, 15) is 8.42 Å². The molecule has 0 bridgehead atoms. The van der Waals surface area contributed by atoms with Crippen LogP contribution in [0, 0.1) is 5.92 Å². The maximum absolute atomic E-state index is 12.6. The van der Waals surface area contributed by atoms with Crippen molar-refractivity contribution in [2.45, 2.75) is 45.8 Å². The second-order valence-corrected chi connectivity index (χ2v) is 8.38. The third-order valence-corrected chi connectivity index (χ3v) is 6.25. The predicted molar refractivity (Wildman–Crippen MR) is 83.3 cm³/mol. The van der Waals surface area contributed by atoms with Gasteiger partial charge in [-0.15, -0.1) is 0 Å². The predicted octanol–water partition coefficient (Wildman–Crippen LogP) is 0.662. The number of nitrogens with zero attached hydrogens (tertiary/aromatic N) is 2. The number of hydrogen-bond acceptors (Lipinski definition) is 4. The summed E-state index contributed by atoms with van der Waals surface area (Å²) >= 11 is 0. The van der Waals surface area contributed by atoms with Gasteiger partial charge in [0.25, 0.3) is 10.2 Å². The summed E-state index contributed by atoms with van der Waals surface area (Å²) < 4.78 is 33.9. The van der Waals surface area contributed by atoms with Gasteiger partial charge in [0.05, 0.1) is 12.7 Å². The van der Waals surface area contributed by atoms with Gasteiger partial charge in [-0.05, 0) is 32.2 Å². The molecule has 2 aliphatic rings. The van der Waals surface area contributed by atoms with E-state index in [1.54, 1.807) is 8.61 Å². The van der Waals surface area contributed by atoms with Crippen molar-refractivity contribution in [1.82, 2.24) is 13.9 Å². The van der Waals surface area contributed by atoms with Gasteiger partial charge in [0, 0.05) is 32.2 Å². The van der Waals surface area contributed by atoms with E-state index in [0.29, 0.717) is 44.7 Å². The van der Waals surface area contributed by atoms with Crippen molar-refractivity contribution < 1.29 is 13.2 Å². The lowest BCUT2D eigenvalue weighted by Crippen LogP contribution is -2.52. The Balaban J connectivity index is 1.85. The summed E-state index contributed by atoms with van der Waals surface area (Å²) in [5, 5.41) is 3.44. The monoisotopic (exact) mass is 319 g/mol. The fourth-order valence-corrected chi connectivity index (χ4v) is 4.61. The van der Waals surface area contributed by atoms with Crippen molar-refractivity contribution in [3.8, 4) is 0 Å². The van der Waals surface area contributed by atoms with Gasteiger partial charge in [0.1, 0.15) is 0 Å². The van der Waals surface area contributed by atoms with E-state index in [1.807, 2.05) is 6.92 Å². The molecule has 1 unspecified atom stereocenters. The van der Waals surface area contributed by atoms with Crippen molar-refractivity contribution >= 4 is 10.2 Å². The molecular weight excluding hydrogens is 290 g/mol. The Hall–Kier alpha value is -0.210. The summed E-state index contributed by atoms with van der Waals surface area (Å²) in [4.78, 5) is 0. The molecule has 0 saturated carbocycles. The summed E-state index contributed by atoms with van der Waals surface area (Å²) in [5.74, 6) is 0.586. The zero-order valence-electron chi connectivity index (χ0n) is 13.4. The molecule has 0 spiro atoms. The second kappa shape index (κ2) is 7.37. The molecule has 1 atom stereocenters. The Kier molecular flexibility index (Phi) is 6.02. The zero-order chi connectivity index (χ0) is 15.5. The Morgan fingerprint density at radius 2 is 1.86 bits per heavy atom. The normalized spacial score (nSPS) is 27.3. The van der Waals surface area contributed by atoms with Crippen LogP contribution < -0.4 is 5.32 Å². The number of rotatable bonds is 5. The lowest BCUT2D eigenvalue weighted by molar-refractivity contribution is 0.00788. The van der Waals surface area contributed by atoms with Crippen LogP contribution in [0.1, 0.15) is 33.6 Å². The molecule has 2 heterocycles. The fourth-order valence-electron chi connectivity index (χ4n) is 2.91. The number of morpholine rings is 1. The Morgan fingerprint density at radius 3 is 2.43 bits per heavy atom. The van der Waals surface area contributed by atoms with Crippen molar-refractivity contribution in [2.75, 3.05) is 39.3 Å². The van der Waals surface area contributed by atoms with E-state index in [4.69, 9.17) is 4.74 Å². The largest absolute Gasteiger partial charge is 0.376 e. The quantitative estimate of drug-likeness (QED) is 0.809. The maximum Gasteiger partial charge on any atom is 0.282 e. The van der Waals surface area contributed by atoms with Crippen LogP contribution in [0.25, 0.3) is 0 Å². The average molecular weight is 319 g/mol. The second-order valence-electron chi connectivity index (χ2n) is 6.45.